The lowest BCUT2D eigenvalue weighted by Crippen LogP contribution is -2.37. The third-order valence-electron chi connectivity index (χ3n) is 5.37. The molecule has 2 aromatic carbocycles. The van der Waals surface area contributed by atoms with E-state index in [1.54, 1.807) is 71.7 Å². The third-order valence-corrected chi connectivity index (χ3v) is 6.90. The molecular weight excluding hydrogens is 506 g/mol. The normalized spacial score (nSPS) is 15.4. The van der Waals surface area contributed by atoms with E-state index in [9.17, 15) is 14.4 Å². The Morgan fingerprint density at radius 1 is 1.11 bits per heavy atom. The number of nitrogens with one attached hydrogen (secondary N) is 1. The van der Waals surface area contributed by atoms with Crippen molar-refractivity contribution < 1.29 is 19.1 Å². The van der Waals surface area contributed by atoms with E-state index in [2.05, 4.69) is 5.32 Å². The molecule has 1 N–H and O–H groups in total. The first-order valence-electron chi connectivity index (χ1n) is 10.9. The van der Waals surface area contributed by atoms with Crippen molar-refractivity contribution in [3.8, 4) is 0 Å². The lowest BCUT2D eigenvalue weighted by Gasteiger charge is -2.23. The minimum absolute atomic E-state index is 0.0892. The maximum absolute atomic E-state index is 13.4. The number of rotatable bonds is 8. The smallest absolute Gasteiger partial charge is 0.338 e. The number of thiophene rings is 1. The van der Waals surface area contributed by atoms with Gasteiger partial charge in [-0.1, -0.05) is 17.7 Å². The largest absolute Gasteiger partial charge is 0.462 e. The molecule has 1 aliphatic rings. The molecule has 7 nitrogen and oxygen atoms in total. The van der Waals surface area contributed by atoms with Crippen LogP contribution < -0.4 is 10.2 Å². The highest BCUT2D eigenvalue weighted by molar-refractivity contribution is 7.80. The Hall–Kier alpha value is -3.27. The highest BCUT2D eigenvalue weighted by atomic mass is 35.5. The number of carbonyl (C=O) groups is 3. The van der Waals surface area contributed by atoms with Crippen molar-refractivity contribution in [2.45, 2.75) is 25.9 Å². The highest BCUT2D eigenvalue weighted by Gasteiger charge is 2.44. The topological polar surface area (TPSA) is 78.9 Å². The van der Waals surface area contributed by atoms with Crippen molar-refractivity contribution in [3.63, 3.8) is 0 Å². The number of carbonyl (C=O) groups excluding carboxylic acids is 3. The molecule has 1 atom stereocenters. The van der Waals surface area contributed by atoms with Gasteiger partial charge in [0.15, 0.2) is 5.11 Å². The number of benzene rings is 2. The van der Waals surface area contributed by atoms with Crippen LogP contribution in [-0.4, -0.2) is 40.4 Å². The molecule has 3 aromatic rings. The molecule has 1 aromatic heterocycles. The van der Waals surface area contributed by atoms with Crippen LogP contribution in [0.25, 0.3) is 0 Å². The number of esters is 1. The molecule has 180 valence electrons. The van der Waals surface area contributed by atoms with Crippen molar-refractivity contribution in [1.82, 2.24) is 4.90 Å². The zero-order chi connectivity index (χ0) is 24.9. The summed E-state index contributed by atoms with van der Waals surface area (Å²) < 4.78 is 4.97. The molecule has 0 spiro atoms. The first-order chi connectivity index (χ1) is 16.9. The van der Waals surface area contributed by atoms with Gasteiger partial charge >= 0.3 is 5.97 Å². The van der Waals surface area contributed by atoms with E-state index < -0.39 is 12.0 Å². The monoisotopic (exact) mass is 527 g/mol. The Bertz CT molecular complexity index is 1230. The van der Waals surface area contributed by atoms with Gasteiger partial charge in [0, 0.05) is 15.6 Å². The van der Waals surface area contributed by atoms with Gasteiger partial charge in [-0.3, -0.25) is 14.5 Å². The second-order valence-electron chi connectivity index (χ2n) is 7.71. The molecule has 35 heavy (non-hydrogen) atoms. The van der Waals surface area contributed by atoms with Crippen LogP contribution in [0.15, 0.2) is 66.0 Å². The summed E-state index contributed by atoms with van der Waals surface area (Å²) in [6.07, 6.45) is -0.0892. The quantitative estimate of drug-likeness (QED) is 0.324. The molecule has 1 fully saturated rings. The van der Waals surface area contributed by atoms with Gasteiger partial charge in [0.2, 0.25) is 5.91 Å². The number of amides is 2. The fourth-order valence-corrected chi connectivity index (χ4v) is 4.92. The maximum atomic E-state index is 13.4. The zero-order valence-electron chi connectivity index (χ0n) is 18.8. The van der Waals surface area contributed by atoms with Gasteiger partial charge in [-0.15, -0.1) is 11.3 Å². The molecule has 0 radical (unpaired) electrons. The molecule has 1 saturated heterocycles. The molecule has 2 heterocycles. The lowest BCUT2D eigenvalue weighted by atomic mass is 10.1. The predicted molar refractivity (Wildman–Crippen MR) is 141 cm³/mol. The minimum atomic E-state index is -0.765. The molecule has 0 aliphatic carbocycles. The van der Waals surface area contributed by atoms with Crippen LogP contribution >= 0.6 is 35.2 Å². The van der Waals surface area contributed by atoms with Crippen LogP contribution in [0.3, 0.4) is 0 Å². The Morgan fingerprint density at radius 2 is 1.83 bits per heavy atom. The average molecular weight is 528 g/mol. The van der Waals surface area contributed by atoms with Gasteiger partial charge in [0.1, 0.15) is 6.04 Å². The highest BCUT2D eigenvalue weighted by Crippen LogP contribution is 2.30. The number of nitrogens with zero attached hydrogens (tertiary/aromatic N) is 2. The van der Waals surface area contributed by atoms with E-state index in [1.807, 2.05) is 17.5 Å². The van der Waals surface area contributed by atoms with Crippen LogP contribution in [0.2, 0.25) is 5.02 Å². The number of hydrogen-bond acceptors (Lipinski definition) is 6. The van der Waals surface area contributed by atoms with Crippen molar-refractivity contribution in [1.29, 1.82) is 0 Å². The lowest BCUT2D eigenvalue weighted by molar-refractivity contribution is -0.124. The van der Waals surface area contributed by atoms with E-state index in [0.717, 1.165) is 4.88 Å². The maximum Gasteiger partial charge on any atom is 0.338 e. The van der Waals surface area contributed by atoms with E-state index in [4.69, 9.17) is 28.6 Å². The predicted octanol–water partition coefficient (Wildman–Crippen LogP) is 5.11. The van der Waals surface area contributed by atoms with E-state index in [-0.39, 0.29) is 24.8 Å². The fourth-order valence-electron chi connectivity index (χ4n) is 3.70. The summed E-state index contributed by atoms with van der Waals surface area (Å²) in [5.41, 5.74) is 1.50. The summed E-state index contributed by atoms with van der Waals surface area (Å²) in [6, 6.07) is 16.4. The van der Waals surface area contributed by atoms with E-state index in [1.165, 1.54) is 4.90 Å². The number of halogens is 1. The average Bonchev–Trinajstić information content (AvgIpc) is 3.43. The van der Waals surface area contributed by atoms with Crippen LogP contribution in [-0.2, 0) is 20.9 Å². The minimum Gasteiger partial charge on any atom is -0.462 e. The second kappa shape index (κ2) is 11.0. The molecule has 1 aliphatic heterocycles. The van der Waals surface area contributed by atoms with Crippen molar-refractivity contribution >= 4 is 69.4 Å². The van der Waals surface area contributed by atoms with Gasteiger partial charge < -0.3 is 15.0 Å². The summed E-state index contributed by atoms with van der Waals surface area (Å²) in [7, 11) is 0. The summed E-state index contributed by atoms with van der Waals surface area (Å²) in [6.45, 7) is 2.43. The summed E-state index contributed by atoms with van der Waals surface area (Å²) in [5.74, 6) is -1.05. The Kier molecular flexibility index (Phi) is 7.80. The Balaban J connectivity index is 1.51. The van der Waals surface area contributed by atoms with Gasteiger partial charge in [-0.25, -0.2) is 4.79 Å². The van der Waals surface area contributed by atoms with Gasteiger partial charge in [0.05, 0.1) is 30.8 Å². The van der Waals surface area contributed by atoms with Crippen molar-refractivity contribution in [2.24, 2.45) is 0 Å². The summed E-state index contributed by atoms with van der Waals surface area (Å²) in [4.78, 5) is 42.5. The number of ether oxygens (including phenoxy) is 1. The SMILES string of the molecule is CCOC(=O)c1ccc(NC(=O)CC2C(=O)N(c3ccc(Cl)cc3)C(=S)N2Cc2cccs2)cc1. The fraction of sp³-hybridized carbons (Fsp3) is 0.200. The van der Waals surface area contributed by atoms with Crippen molar-refractivity contribution in [2.75, 3.05) is 16.8 Å². The molecule has 10 heteroatoms. The molecule has 1 unspecified atom stereocenters. The van der Waals surface area contributed by atoms with Crippen LogP contribution in [0.4, 0.5) is 11.4 Å². The van der Waals surface area contributed by atoms with Crippen LogP contribution in [0.5, 0.6) is 0 Å². The Labute approximate surface area is 217 Å². The summed E-state index contributed by atoms with van der Waals surface area (Å²) >= 11 is 13.2. The molecule has 4 rings (SSSR count). The van der Waals surface area contributed by atoms with Gasteiger partial charge in [-0.05, 0) is 79.1 Å². The number of hydrogen-bond donors (Lipinski definition) is 1. The Morgan fingerprint density at radius 3 is 2.46 bits per heavy atom. The molecular formula is C25H22ClN3O4S2. The van der Waals surface area contributed by atoms with Gasteiger partial charge in [-0.2, -0.15) is 0 Å². The van der Waals surface area contributed by atoms with Gasteiger partial charge in [0.25, 0.3) is 5.91 Å². The van der Waals surface area contributed by atoms with Crippen LogP contribution in [0, 0.1) is 0 Å². The number of thiocarbonyl (C=S) groups is 1. The third kappa shape index (κ3) is 5.70. The molecule has 0 bridgehead atoms. The van der Waals surface area contributed by atoms with Crippen LogP contribution in [0.1, 0.15) is 28.6 Å². The van der Waals surface area contributed by atoms with E-state index >= 15 is 0 Å². The van der Waals surface area contributed by atoms with Crippen molar-refractivity contribution in [3.05, 3.63) is 81.5 Å². The second-order valence-corrected chi connectivity index (χ2v) is 9.54. The van der Waals surface area contributed by atoms with E-state index in [0.29, 0.717) is 33.6 Å². The molecule has 0 saturated carbocycles. The summed E-state index contributed by atoms with van der Waals surface area (Å²) in [5, 5.41) is 5.63. The molecule has 2 amide bonds. The first kappa shape index (κ1) is 24.8. The number of anilines is 2. The first-order valence-corrected chi connectivity index (χ1v) is 12.5. The zero-order valence-corrected chi connectivity index (χ0v) is 21.2. The standard InChI is InChI=1S/C25H22ClN3O4S2/c1-2-33-24(32)16-5-9-18(10-6-16)27-22(30)14-21-23(31)29(19-11-7-17(26)8-12-19)25(34)28(21)15-20-4-3-13-35-20/h3-13,21H,2,14-15H2,1H3,(H,27,30).